The first-order valence-electron chi connectivity index (χ1n) is 7.41. The number of carbonyl (C=O) groups excluding carboxylic acids is 1. The lowest BCUT2D eigenvalue weighted by molar-refractivity contribution is -0.124. The quantitative estimate of drug-likeness (QED) is 0.838. The molecule has 0 spiro atoms. The molecule has 0 radical (unpaired) electrons. The Bertz CT molecular complexity index is 423. The monoisotopic (exact) mass is 276 g/mol. The van der Waals surface area contributed by atoms with Crippen molar-refractivity contribution in [3.05, 3.63) is 24.3 Å². The molecule has 110 valence electrons. The SMILES string of the molecule is CC(C)CCNc1ccc(NC(=O)C2CCCO2)cc1. The van der Waals surface area contributed by atoms with Crippen molar-refractivity contribution in [2.45, 2.75) is 39.2 Å². The number of hydrogen-bond donors (Lipinski definition) is 2. The Balaban J connectivity index is 1.80. The van der Waals surface area contributed by atoms with Gasteiger partial charge in [-0.3, -0.25) is 4.79 Å². The van der Waals surface area contributed by atoms with E-state index < -0.39 is 0 Å². The molecule has 20 heavy (non-hydrogen) atoms. The summed E-state index contributed by atoms with van der Waals surface area (Å²) in [6.07, 6.45) is 2.66. The van der Waals surface area contributed by atoms with E-state index >= 15 is 0 Å². The van der Waals surface area contributed by atoms with Gasteiger partial charge in [-0.1, -0.05) is 13.8 Å². The summed E-state index contributed by atoms with van der Waals surface area (Å²) >= 11 is 0. The summed E-state index contributed by atoms with van der Waals surface area (Å²) in [4.78, 5) is 11.9. The van der Waals surface area contributed by atoms with Crippen molar-refractivity contribution in [1.82, 2.24) is 0 Å². The molecule has 4 nitrogen and oxygen atoms in total. The molecule has 4 heteroatoms. The van der Waals surface area contributed by atoms with E-state index in [1.807, 2.05) is 24.3 Å². The molecule has 1 heterocycles. The Morgan fingerprint density at radius 3 is 2.60 bits per heavy atom. The average molecular weight is 276 g/mol. The molecule has 1 aliphatic heterocycles. The smallest absolute Gasteiger partial charge is 0.253 e. The Morgan fingerprint density at radius 2 is 2.00 bits per heavy atom. The van der Waals surface area contributed by atoms with Gasteiger partial charge in [0.15, 0.2) is 0 Å². The van der Waals surface area contributed by atoms with Gasteiger partial charge in [0.1, 0.15) is 6.10 Å². The van der Waals surface area contributed by atoms with E-state index in [1.54, 1.807) is 0 Å². The number of nitrogens with one attached hydrogen (secondary N) is 2. The summed E-state index contributed by atoms with van der Waals surface area (Å²) in [5.41, 5.74) is 1.90. The minimum absolute atomic E-state index is 0.0389. The van der Waals surface area contributed by atoms with Crippen LogP contribution in [0.15, 0.2) is 24.3 Å². The molecule has 0 aliphatic carbocycles. The maximum absolute atomic E-state index is 11.9. The van der Waals surface area contributed by atoms with Crippen LogP contribution in [0, 0.1) is 5.92 Å². The van der Waals surface area contributed by atoms with Crippen LogP contribution in [0.2, 0.25) is 0 Å². The van der Waals surface area contributed by atoms with Crippen LogP contribution in [-0.4, -0.2) is 25.2 Å². The van der Waals surface area contributed by atoms with Crippen LogP contribution in [0.4, 0.5) is 11.4 Å². The molecule has 1 unspecified atom stereocenters. The molecule has 2 rings (SSSR count). The van der Waals surface area contributed by atoms with Crippen molar-refractivity contribution in [3.63, 3.8) is 0 Å². The van der Waals surface area contributed by atoms with Crippen LogP contribution in [0.3, 0.4) is 0 Å². The van der Waals surface area contributed by atoms with Crippen molar-refractivity contribution >= 4 is 17.3 Å². The molecule has 1 aliphatic rings. The highest BCUT2D eigenvalue weighted by molar-refractivity contribution is 5.94. The van der Waals surface area contributed by atoms with E-state index in [0.717, 1.165) is 37.2 Å². The summed E-state index contributed by atoms with van der Waals surface area (Å²) in [5, 5.41) is 6.27. The molecule has 0 saturated carbocycles. The predicted octanol–water partition coefficient (Wildman–Crippen LogP) is 3.26. The van der Waals surface area contributed by atoms with Gasteiger partial charge >= 0.3 is 0 Å². The Labute approximate surface area is 120 Å². The second-order valence-electron chi connectivity index (χ2n) is 5.68. The van der Waals surface area contributed by atoms with Gasteiger partial charge in [-0.25, -0.2) is 0 Å². The van der Waals surface area contributed by atoms with Crippen molar-refractivity contribution in [1.29, 1.82) is 0 Å². The number of rotatable bonds is 6. The van der Waals surface area contributed by atoms with Gasteiger partial charge < -0.3 is 15.4 Å². The normalized spacial score (nSPS) is 18.2. The second-order valence-corrected chi connectivity index (χ2v) is 5.68. The zero-order valence-electron chi connectivity index (χ0n) is 12.3. The topological polar surface area (TPSA) is 50.4 Å². The number of amides is 1. The fourth-order valence-corrected chi connectivity index (χ4v) is 2.18. The highest BCUT2D eigenvalue weighted by atomic mass is 16.5. The third-order valence-corrected chi connectivity index (χ3v) is 3.43. The maximum Gasteiger partial charge on any atom is 0.253 e. The summed E-state index contributed by atoms with van der Waals surface area (Å²) in [5.74, 6) is 0.662. The van der Waals surface area contributed by atoms with E-state index in [-0.39, 0.29) is 12.0 Å². The minimum atomic E-state index is -0.279. The van der Waals surface area contributed by atoms with E-state index in [1.165, 1.54) is 0 Å². The number of benzene rings is 1. The van der Waals surface area contributed by atoms with Crippen molar-refractivity contribution in [2.24, 2.45) is 5.92 Å². The Kier molecular flexibility index (Phi) is 5.41. The van der Waals surface area contributed by atoms with Gasteiger partial charge in [0, 0.05) is 24.5 Å². The van der Waals surface area contributed by atoms with Crippen LogP contribution in [0.5, 0.6) is 0 Å². The Morgan fingerprint density at radius 1 is 1.30 bits per heavy atom. The third-order valence-electron chi connectivity index (χ3n) is 3.43. The molecular formula is C16H24N2O2. The standard InChI is InChI=1S/C16H24N2O2/c1-12(2)9-10-17-13-5-7-14(8-6-13)18-16(19)15-4-3-11-20-15/h5-8,12,15,17H,3-4,9-11H2,1-2H3,(H,18,19). The maximum atomic E-state index is 11.9. The molecular weight excluding hydrogens is 252 g/mol. The molecule has 0 aromatic heterocycles. The zero-order chi connectivity index (χ0) is 14.4. The summed E-state index contributed by atoms with van der Waals surface area (Å²) in [6, 6.07) is 7.83. The molecule has 1 fully saturated rings. The molecule has 1 atom stereocenters. The molecule has 2 N–H and O–H groups in total. The molecule has 1 amide bonds. The Hall–Kier alpha value is -1.55. The van der Waals surface area contributed by atoms with E-state index in [2.05, 4.69) is 24.5 Å². The van der Waals surface area contributed by atoms with E-state index in [9.17, 15) is 4.79 Å². The highest BCUT2D eigenvalue weighted by Gasteiger charge is 2.23. The molecule has 1 aromatic carbocycles. The molecule has 1 saturated heterocycles. The van der Waals surface area contributed by atoms with Gasteiger partial charge in [-0.2, -0.15) is 0 Å². The minimum Gasteiger partial charge on any atom is -0.385 e. The van der Waals surface area contributed by atoms with Crippen LogP contribution in [0.25, 0.3) is 0 Å². The van der Waals surface area contributed by atoms with Crippen molar-refractivity contribution < 1.29 is 9.53 Å². The van der Waals surface area contributed by atoms with E-state index in [0.29, 0.717) is 12.5 Å². The second kappa shape index (κ2) is 7.29. The third kappa shape index (κ3) is 4.53. The fourth-order valence-electron chi connectivity index (χ4n) is 2.18. The van der Waals surface area contributed by atoms with Crippen LogP contribution >= 0.6 is 0 Å². The number of anilines is 2. The zero-order valence-corrected chi connectivity index (χ0v) is 12.3. The fraction of sp³-hybridized carbons (Fsp3) is 0.562. The summed E-state index contributed by atoms with van der Waals surface area (Å²) in [6.45, 7) is 6.09. The van der Waals surface area contributed by atoms with Crippen LogP contribution in [-0.2, 0) is 9.53 Å². The van der Waals surface area contributed by atoms with Gasteiger partial charge in [-0.15, -0.1) is 0 Å². The first-order chi connectivity index (χ1) is 9.65. The number of ether oxygens (including phenoxy) is 1. The van der Waals surface area contributed by atoms with E-state index in [4.69, 9.17) is 4.74 Å². The van der Waals surface area contributed by atoms with Crippen LogP contribution in [0.1, 0.15) is 33.1 Å². The van der Waals surface area contributed by atoms with Crippen LogP contribution < -0.4 is 10.6 Å². The number of hydrogen-bond acceptors (Lipinski definition) is 3. The molecule has 0 bridgehead atoms. The first-order valence-corrected chi connectivity index (χ1v) is 7.41. The lowest BCUT2D eigenvalue weighted by atomic mass is 10.1. The lowest BCUT2D eigenvalue weighted by Gasteiger charge is -2.12. The van der Waals surface area contributed by atoms with Gasteiger partial charge in [0.2, 0.25) is 0 Å². The van der Waals surface area contributed by atoms with Gasteiger partial charge in [-0.05, 0) is 49.4 Å². The number of carbonyl (C=O) groups is 1. The predicted molar refractivity (Wildman–Crippen MR) is 82.0 cm³/mol. The lowest BCUT2D eigenvalue weighted by Crippen LogP contribution is -2.26. The molecule has 1 aromatic rings. The van der Waals surface area contributed by atoms with Gasteiger partial charge in [0.25, 0.3) is 5.91 Å². The largest absolute Gasteiger partial charge is 0.385 e. The van der Waals surface area contributed by atoms with Crippen molar-refractivity contribution in [3.8, 4) is 0 Å². The highest BCUT2D eigenvalue weighted by Crippen LogP contribution is 2.17. The summed E-state index contributed by atoms with van der Waals surface area (Å²) in [7, 11) is 0. The first kappa shape index (κ1) is 14.9. The van der Waals surface area contributed by atoms with Gasteiger partial charge in [0.05, 0.1) is 0 Å². The summed E-state index contributed by atoms with van der Waals surface area (Å²) < 4.78 is 5.36. The average Bonchev–Trinajstić information content (AvgIpc) is 2.94. The van der Waals surface area contributed by atoms with Crippen molar-refractivity contribution in [2.75, 3.05) is 23.8 Å².